The first-order valence-electron chi connectivity index (χ1n) is 44.1. The van der Waals surface area contributed by atoms with Crippen LogP contribution in [-0.2, 0) is 64.8 Å². The van der Waals surface area contributed by atoms with Crippen LogP contribution in [0.25, 0.3) is 70.5 Å². The molecule has 0 spiro atoms. The van der Waals surface area contributed by atoms with Gasteiger partial charge in [-0.3, -0.25) is 39.4 Å². The van der Waals surface area contributed by atoms with E-state index in [1.807, 2.05) is 102 Å². The Morgan fingerprint density at radius 1 is 0.453 bits per heavy atom. The molecule has 2 amide bonds. The van der Waals surface area contributed by atoms with E-state index in [0.717, 1.165) is 185 Å². The van der Waals surface area contributed by atoms with Crippen molar-refractivity contribution in [1.82, 2.24) is 40.9 Å². The van der Waals surface area contributed by atoms with Gasteiger partial charge in [0.2, 0.25) is 0 Å². The molecule has 12 heterocycles. The molecule has 5 aliphatic heterocycles. The quantitative estimate of drug-likeness (QED) is 0.0171. The van der Waals surface area contributed by atoms with E-state index in [0.29, 0.717) is 87.6 Å². The summed E-state index contributed by atoms with van der Waals surface area (Å²) in [6.07, 6.45) is 7.41. The number of rotatable bonds is 19. The van der Waals surface area contributed by atoms with Crippen molar-refractivity contribution in [2.45, 2.75) is 78.7 Å². The predicted octanol–water partition coefficient (Wildman–Crippen LogP) is 21.2. The van der Waals surface area contributed by atoms with Crippen LogP contribution in [0.5, 0.6) is 5.75 Å². The summed E-state index contributed by atoms with van der Waals surface area (Å²) in [7, 11) is 1.64. The standard InChI is InChI=1S/C23H18N4O2S2.C21H19ClN2O2S.C21H18N4O3S.C20H16Cl2N2O2S.C19H17N3O2S/c1-13-16-5-3-4-6-20(16)31-21(13)19-12-30-23(25-19)27-8-7-14-9-15(22(28)26-29)10-18(24-2)17(14)11-27;1-13-2-4-14(5-3-13)19-12-27-21(23-19)24-7-6-15-8-16(20(26)11-25)9-18(22)17(15)10-24;1-28-17-4-2-13(3-5-17)19-12-29-21(23-19)25-7-6-14-8-15(20(26)24-27)9-16(10-22)18(14)11-25;21-15-3-1-2-13(7-15)18-11-27-20(23-18)24-5-4-12-6-14(19(26)10-25)8-17(22)16(12)9-24;23-11-18(24)14-3-4-16-10-22(7-5-13(16)8-14)19-21-17(12-25-19)15-2-1-6-20-9-15/h3-6,9-10,12,29H,7-8,11H2,1H3,(H,26,28);2-5,8-9,12,25H,6-7,10-11H2,1H3;2-5,8-9,12,27H,6-7,11H2,1H3,(H,24,26);1-3,6-8,11,25H,4-5,9-10H2;1-4,6,8-9,12,23H,5,7,10-11H2. The first kappa shape index (κ1) is 97.3. The number of hydroxylamine groups is 2. The number of hydrogen-bond acceptors (Lipinski definition) is 29. The number of thiazole rings is 5. The van der Waals surface area contributed by atoms with Crippen molar-refractivity contribution in [2.24, 2.45) is 0 Å². The molecular formula is C104H88Cl3N15O11S6. The van der Waals surface area contributed by atoms with Crippen molar-refractivity contribution < 1.29 is 54.4 Å². The number of thiophene rings is 1. The number of aromatic nitrogens is 6. The number of methoxy groups -OCH3 is 1. The number of benzene rings is 9. The summed E-state index contributed by atoms with van der Waals surface area (Å²) in [6.45, 7) is 17.5. The highest BCUT2D eigenvalue weighted by Gasteiger charge is 2.31. The van der Waals surface area contributed by atoms with E-state index < -0.39 is 31.6 Å². The molecule has 7 aromatic heterocycles. The Morgan fingerprint density at radius 3 is 1.39 bits per heavy atom. The molecule has 35 heteroatoms. The largest absolute Gasteiger partial charge is 0.497 e. The number of aryl methyl sites for hydroxylation is 2. The Labute approximate surface area is 839 Å². The van der Waals surface area contributed by atoms with E-state index in [2.05, 4.69) is 119 Å². The van der Waals surface area contributed by atoms with Crippen molar-refractivity contribution >= 4 is 173 Å². The zero-order valence-corrected chi connectivity index (χ0v) is 82.3. The summed E-state index contributed by atoms with van der Waals surface area (Å²) in [5, 5.41) is 72.6. The minimum absolute atomic E-state index is 0.230. The number of halogens is 3. The number of pyridine rings is 1. The number of anilines is 5. The van der Waals surface area contributed by atoms with Gasteiger partial charge in [0.05, 0.1) is 58.7 Å². The summed E-state index contributed by atoms with van der Waals surface area (Å²) in [5.74, 6) is -1.26. The SMILES string of the molecule is COc1ccc(-c2csc(N3CCc4cc(C(=O)NO)cc(C#N)c4C3)n2)cc1.Cc1ccc(-c2csc(N3CCc4cc(C(=O)CO)cc(Cl)c4C3)n2)cc1.O=C(CO)c1cc(Cl)c2c(c1)CCN(c1nc(-c3cccc(Cl)c3)cs1)C2.O=C(CO)c1ccc2c(c1)CCN(c1nc(-c3cccnc3)cs1)C2.[C-]#[N+]c1cc(C(=O)NO)cc2c1CN(c1nc(-c3sc4ccccc4c3C)cs1)CC2. The number of hydrogen-bond donors (Lipinski definition) is 7. The van der Waals surface area contributed by atoms with Crippen LogP contribution in [0.2, 0.25) is 15.1 Å². The lowest BCUT2D eigenvalue weighted by atomic mass is 9.93. The number of Topliss-reactive ketones (excluding diaryl/α,β-unsaturated/α-hetero) is 3. The molecule has 0 fully saturated rings. The van der Waals surface area contributed by atoms with Gasteiger partial charge in [-0.1, -0.05) is 113 Å². The summed E-state index contributed by atoms with van der Waals surface area (Å²) in [4.78, 5) is 103. The molecule has 0 bridgehead atoms. The van der Waals surface area contributed by atoms with Crippen molar-refractivity contribution in [2.75, 3.05) is 84.2 Å². The number of carbonyl (C=O) groups excluding carboxylic acids is 5. The number of nitrogens with zero attached hydrogens (tertiary/aromatic N) is 13. The minimum atomic E-state index is -0.615. The Balaban J connectivity index is 0.000000120. The number of carbonyl (C=O) groups is 5. The molecule has 21 rings (SSSR count). The van der Waals surface area contributed by atoms with Gasteiger partial charge in [-0.25, -0.2) is 40.7 Å². The maximum atomic E-state index is 11.8. The molecule has 0 saturated carbocycles. The van der Waals surface area contributed by atoms with E-state index in [9.17, 15) is 29.2 Å². The van der Waals surface area contributed by atoms with Crippen molar-refractivity contribution in [3.8, 4) is 67.4 Å². The lowest BCUT2D eigenvalue weighted by molar-refractivity contribution is 0.0702. The molecule has 0 atom stereocenters. The molecule has 139 heavy (non-hydrogen) atoms. The predicted molar refractivity (Wildman–Crippen MR) is 552 cm³/mol. The third kappa shape index (κ3) is 22.2. The molecule has 0 unspecified atom stereocenters. The summed E-state index contributed by atoms with van der Waals surface area (Å²) in [5.41, 5.74) is 27.9. The number of aliphatic hydroxyl groups excluding tert-OH is 3. The lowest BCUT2D eigenvalue weighted by Gasteiger charge is -2.29. The fourth-order valence-electron chi connectivity index (χ4n) is 17.0. The van der Waals surface area contributed by atoms with E-state index in [1.54, 1.807) is 123 Å². The van der Waals surface area contributed by atoms with Crippen LogP contribution in [0, 0.1) is 31.8 Å². The Morgan fingerprint density at radius 2 is 0.892 bits per heavy atom. The maximum absolute atomic E-state index is 11.8. The average molecular weight is 2020 g/mol. The first-order chi connectivity index (χ1) is 67.5. The normalized spacial score (nSPS) is 13.3. The molecule has 16 aromatic rings. The molecule has 7 N–H and O–H groups in total. The van der Waals surface area contributed by atoms with Crippen molar-refractivity contribution in [1.29, 1.82) is 5.26 Å². The Bertz CT molecular complexity index is 7400. The van der Waals surface area contributed by atoms with Crippen LogP contribution in [0.4, 0.5) is 31.3 Å². The van der Waals surface area contributed by atoms with Crippen molar-refractivity contribution in [3.63, 3.8) is 0 Å². The second-order valence-corrected chi connectivity index (χ2v) is 39.6. The second-order valence-electron chi connectivity index (χ2n) is 33.2. The Kier molecular flexibility index (Phi) is 30.9. The molecule has 5 aliphatic rings. The second kappa shape index (κ2) is 44.2. The topological polar surface area (TPSA) is 341 Å². The summed E-state index contributed by atoms with van der Waals surface area (Å²) in [6, 6.07) is 57.6. The number of ether oxygens (including phenoxy) is 1. The van der Waals surface area contributed by atoms with Gasteiger partial charge in [0.25, 0.3) is 11.8 Å². The van der Waals surface area contributed by atoms with Gasteiger partial charge in [-0.05, 0) is 216 Å². The zero-order valence-electron chi connectivity index (χ0n) is 75.1. The smallest absolute Gasteiger partial charge is 0.274 e. The summed E-state index contributed by atoms with van der Waals surface area (Å²) < 4.78 is 6.46. The molecule has 9 aromatic carbocycles. The highest BCUT2D eigenvalue weighted by molar-refractivity contribution is 7.23. The third-order valence-electron chi connectivity index (χ3n) is 24.5. The van der Waals surface area contributed by atoms with E-state index in [-0.39, 0.29) is 22.9 Å². The van der Waals surface area contributed by atoms with Crippen LogP contribution in [0.3, 0.4) is 0 Å². The molecule has 0 aliphatic carbocycles. The van der Waals surface area contributed by atoms with Crippen LogP contribution < -0.4 is 40.2 Å². The summed E-state index contributed by atoms with van der Waals surface area (Å²) >= 11 is 28.8. The van der Waals surface area contributed by atoms with Gasteiger partial charge in [0.15, 0.2) is 48.7 Å². The highest BCUT2D eigenvalue weighted by atomic mass is 35.5. The van der Waals surface area contributed by atoms with Crippen LogP contribution >= 0.6 is 103 Å². The van der Waals surface area contributed by atoms with E-state index >= 15 is 0 Å². The fraction of sp³-hybridized carbons (Fsp3) is 0.202. The number of fused-ring (bicyclic) bond motifs is 6. The fourth-order valence-corrected chi connectivity index (χ4v) is 23.4. The van der Waals surface area contributed by atoms with Gasteiger partial charge < -0.3 is 44.6 Å². The van der Waals surface area contributed by atoms with Gasteiger partial charge in [0.1, 0.15) is 25.6 Å². The molecular weight excluding hydrogens is 1930 g/mol. The van der Waals surface area contributed by atoms with Gasteiger partial charge in [-0.2, -0.15) is 5.26 Å². The van der Waals surface area contributed by atoms with Crippen LogP contribution in [-0.4, -0.2) is 144 Å². The van der Waals surface area contributed by atoms with Gasteiger partial charge in [0, 0.05) is 175 Å². The molecule has 26 nitrogen and oxygen atoms in total. The number of aliphatic hydroxyl groups is 3. The van der Waals surface area contributed by atoms with Gasteiger partial charge in [-0.15, -0.1) is 68.0 Å². The van der Waals surface area contributed by atoms with E-state index in [4.69, 9.17) is 96.8 Å². The third-order valence-corrected chi connectivity index (χ3v) is 31.2. The average Bonchev–Trinajstić information content (AvgIpc) is 1.75. The number of ketones is 3. The molecule has 0 radical (unpaired) electrons. The monoisotopic (exact) mass is 2020 g/mol. The molecule has 702 valence electrons. The van der Waals surface area contributed by atoms with Crippen LogP contribution in [0.15, 0.2) is 215 Å². The number of amides is 2. The van der Waals surface area contributed by atoms with E-state index in [1.165, 1.54) is 49.3 Å². The number of nitrogens with one attached hydrogen (secondary N) is 2. The van der Waals surface area contributed by atoms with Gasteiger partial charge >= 0.3 is 0 Å². The lowest BCUT2D eigenvalue weighted by Crippen LogP contribution is -2.31. The van der Waals surface area contributed by atoms with Crippen LogP contribution in [0.1, 0.15) is 124 Å². The Hall–Kier alpha value is -13.4. The maximum Gasteiger partial charge on any atom is 0.274 e. The zero-order chi connectivity index (χ0) is 97.1. The molecule has 0 saturated heterocycles. The highest BCUT2D eigenvalue weighted by Crippen LogP contribution is 2.44. The van der Waals surface area contributed by atoms with Crippen molar-refractivity contribution in [3.05, 3.63) is 342 Å². The number of nitriles is 1. The minimum Gasteiger partial charge on any atom is -0.497 e. The first-order valence-corrected chi connectivity index (χ1v) is 50.4.